The molecule has 2 rings (SSSR count). The summed E-state index contributed by atoms with van der Waals surface area (Å²) in [5.74, 6) is -2.85. The highest BCUT2D eigenvalue weighted by molar-refractivity contribution is 5.97. The molecule has 0 unspecified atom stereocenters. The molecule has 0 saturated heterocycles. The summed E-state index contributed by atoms with van der Waals surface area (Å²) < 4.78 is 79.1. The number of nitrogens with zero attached hydrogens (tertiary/aromatic N) is 3. The smallest absolute Gasteiger partial charge is 0.312 e. The summed E-state index contributed by atoms with van der Waals surface area (Å²) in [6.07, 6.45) is 3.66. The molecule has 494 valence electrons. The molecule has 1 aromatic heterocycles. The Morgan fingerprint density at radius 1 is 0.616 bits per heavy atom. The number of anilines is 1. The molecule has 0 radical (unpaired) electrons. The first-order valence-corrected chi connectivity index (χ1v) is 29.8. The van der Waals surface area contributed by atoms with Crippen molar-refractivity contribution in [2.45, 2.75) is 92.3 Å². The fraction of sp³-hybridized carbons (Fsp3) is 0.776. The van der Waals surface area contributed by atoms with Gasteiger partial charge >= 0.3 is 12.0 Å². The number of hydroxylamine groups is 1. The molecule has 0 aliphatic heterocycles. The van der Waals surface area contributed by atoms with Gasteiger partial charge < -0.3 is 93.2 Å². The minimum atomic E-state index is -0.882. The van der Waals surface area contributed by atoms with E-state index in [2.05, 4.69) is 47.0 Å². The molecule has 0 fully saturated rings. The topological polar surface area (TPSA) is 340 Å². The Balaban J connectivity index is 1.36. The molecule has 86 heavy (non-hydrogen) atoms. The van der Waals surface area contributed by atoms with Gasteiger partial charge in [0.05, 0.1) is 196 Å². The van der Waals surface area contributed by atoms with Crippen LogP contribution in [0.3, 0.4) is 0 Å². The number of aryl methyl sites for hydroxylation is 1. The second-order valence-corrected chi connectivity index (χ2v) is 21.0. The number of ketones is 1. The van der Waals surface area contributed by atoms with Crippen molar-refractivity contribution in [3.8, 4) is 0 Å². The molecule has 0 aliphatic carbocycles. The number of carbonyl (C=O) groups excluding carboxylic acids is 5. The molecule has 0 aliphatic rings. The van der Waals surface area contributed by atoms with E-state index in [1.165, 1.54) is 0 Å². The molecule has 28 nitrogen and oxygen atoms in total. The Morgan fingerprint density at radius 3 is 1.45 bits per heavy atom. The highest BCUT2D eigenvalue weighted by Gasteiger charge is 2.29. The van der Waals surface area contributed by atoms with E-state index in [4.69, 9.17) is 77.3 Å². The fourth-order valence-electron chi connectivity index (χ4n) is 7.41. The van der Waals surface area contributed by atoms with Crippen LogP contribution in [0.4, 0.5) is 10.5 Å². The number of benzene rings is 1. The standard InChI is InChI=1S/C58H102N8O20/c1-47(2)55(63-53(68)44-61-72)52(67)43-49(7-6-15-60-57(59)71)56(70)62-50-10-8-48(9-11-50)46-86-54(69)13-12-51-45-66(65-64-51)16-18-74-20-22-76-24-26-78-28-30-80-32-34-82-36-38-84-40-42-85-41-39-83-37-35-81-33-31-79-29-27-77-25-23-75-21-19-73-17-14-58(3,4)5/h8-11,45,47,49,55,61,72H,6-7,12-44,46H2,1-5H3,(H,62,70)(H,63,68)(H3,59,60,71)/t49-,55+/m1/s1. The number of amides is 4. The molecular weight excluding hydrogens is 1130 g/mol. The molecule has 1 heterocycles. The lowest BCUT2D eigenvalue weighted by atomic mass is 9.89. The Hall–Kier alpha value is -4.89. The van der Waals surface area contributed by atoms with Crippen molar-refractivity contribution in [3.05, 3.63) is 41.7 Å². The van der Waals surface area contributed by atoms with Crippen molar-refractivity contribution in [1.29, 1.82) is 0 Å². The highest BCUT2D eigenvalue weighted by atomic mass is 16.6. The van der Waals surface area contributed by atoms with Gasteiger partial charge in [-0.1, -0.05) is 52.0 Å². The van der Waals surface area contributed by atoms with Crippen molar-refractivity contribution >= 4 is 35.3 Å². The van der Waals surface area contributed by atoms with Crippen LogP contribution in [0.5, 0.6) is 0 Å². The maximum Gasteiger partial charge on any atom is 0.312 e. The Kier molecular flexibility index (Phi) is 46.8. The number of primary amides is 1. The number of nitrogens with two attached hydrogens (primary N) is 1. The third-order valence-electron chi connectivity index (χ3n) is 12.1. The van der Waals surface area contributed by atoms with E-state index >= 15 is 0 Å². The predicted molar refractivity (Wildman–Crippen MR) is 314 cm³/mol. The van der Waals surface area contributed by atoms with Gasteiger partial charge in [-0.2, -0.15) is 5.48 Å². The predicted octanol–water partition coefficient (Wildman–Crippen LogP) is 2.69. The van der Waals surface area contributed by atoms with E-state index in [1.54, 1.807) is 54.5 Å². The number of esters is 1. The van der Waals surface area contributed by atoms with Gasteiger partial charge in [-0.15, -0.1) is 5.10 Å². The second-order valence-electron chi connectivity index (χ2n) is 21.0. The van der Waals surface area contributed by atoms with E-state index in [-0.39, 0.29) is 49.5 Å². The summed E-state index contributed by atoms with van der Waals surface area (Å²) in [5.41, 5.74) is 8.98. The van der Waals surface area contributed by atoms with Crippen LogP contribution in [0, 0.1) is 17.3 Å². The summed E-state index contributed by atoms with van der Waals surface area (Å²) in [5, 5.41) is 25.0. The van der Waals surface area contributed by atoms with E-state index in [0.717, 1.165) is 13.0 Å². The van der Waals surface area contributed by atoms with Crippen LogP contribution >= 0.6 is 0 Å². The largest absolute Gasteiger partial charge is 0.461 e. The first kappa shape index (κ1) is 77.2. The molecule has 4 amide bonds. The fourth-order valence-corrected chi connectivity index (χ4v) is 7.41. The van der Waals surface area contributed by atoms with E-state index in [9.17, 15) is 24.0 Å². The zero-order valence-corrected chi connectivity index (χ0v) is 51.7. The molecule has 7 N–H and O–H groups in total. The summed E-state index contributed by atoms with van der Waals surface area (Å²) >= 11 is 0. The summed E-state index contributed by atoms with van der Waals surface area (Å²) in [7, 11) is 0. The van der Waals surface area contributed by atoms with Crippen LogP contribution in [-0.4, -0.2) is 241 Å². The van der Waals surface area contributed by atoms with Crippen molar-refractivity contribution in [1.82, 2.24) is 31.1 Å². The van der Waals surface area contributed by atoms with Crippen molar-refractivity contribution < 1.29 is 95.5 Å². The zero-order chi connectivity index (χ0) is 62.6. The summed E-state index contributed by atoms with van der Waals surface area (Å²) in [4.78, 5) is 62.5. The maximum atomic E-state index is 13.4. The van der Waals surface area contributed by atoms with Gasteiger partial charge in [0.25, 0.3) is 0 Å². The zero-order valence-electron chi connectivity index (χ0n) is 51.7. The minimum Gasteiger partial charge on any atom is -0.461 e. The number of rotatable bonds is 59. The Morgan fingerprint density at radius 2 is 1.05 bits per heavy atom. The van der Waals surface area contributed by atoms with Gasteiger partial charge in [0.2, 0.25) is 11.8 Å². The van der Waals surface area contributed by atoms with Crippen molar-refractivity contribution in [2.75, 3.05) is 190 Å². The Labute approximate surface area is 507 Å². The van der Waals surface area contributed by atoms with Gasteiger partial charge in [0, 0.05) is 43.8 Å². The number of hydrogen-bond acceptors (Lipinski definition) is 23. The average molecular weight is 1230 g/mol. The number of carbonyl (C=O) groups is 5. The van der Waals surface area contributed by atoms with E-state index < -0.39 is 42.3 Å². The van der Waals surface area contributed by atoms with Gasteiger partial charge in [0.15, 0.2) is 5.78 Å². The Bertz CT molecular complexity index is 2020. The maximum absolute atomic E-state index is 13.4. The number of ether oxygens (including phenoxy) is 14. The van der Waals surface area contributed by atoms with Crippen LogP contribution in [0.2, 0.25) is 0 Å². The molecule has 1 aromatic carbocycles. The first-order chi connectivity index (χ1) is 41.7. The van der Waals surface area contributed by atoms with Gasteiger partial charge in [-0.05, 0) is 48.3 Å². The molecule has 2 aromatic rings. The van der Waals surface area contributed by atoms with Crippen LogP contribution in [0.1, 0.15) is 78.0 Å². The lowest BCUT2D eigenvalue weighted by molar-refractivity contribution is -0.145. The minimum absolute atomic E-state index is 0.0110. The van der Waals surface area contributed by atoms with E-state index in [1.807, 2.05) is 0 Å². The third-order valence-corrected chi connectivity index (χ3v) is 12.1. The quantitative estimate of drug-likeness (QED) is 0.0315. The van der Waals surface area contributed by atoms with Gasteiger partial charge in [-0.25, -0.2) is 9.48 Å². The third kappa shape index (κ3) is 45.4. The van der Waals surface area contributed by atoms with Gasteiger partial charge in [-0.3, -0.25) is 19.2 Å². The average Bonchev–Trinajstić information content (AvgIpc) is 4.09. The lowest BCUT2D eigenvalue weighted by Gasteiger charge is -2.24. The number of hydrogen-bond donors (Lipinski definition) is 6. The highest BCUT2D eigenvalue weighted by Crippen LogP contribution is 2.20. The van der Waals surface area contributed by atoms with Crippen LogP contribution in [0.15, 0.2) is 30.5 Å². The molecule has 0 bridgehead atoms. The number of Topliss-reactive ketones (excluding diaryl/α,β-unsaturated/α-hetero) is 1. The summed E-state index contributed by atoms with van der Waals surface area (Å²) in [6.45, 7) is 23.1. The van der Waals surface area contributed by atoms with Crippen LogP contribution < -0.4 is 27.2 Å². The molecular formula is C58H102N8O20. The van der Waals surface area contributed by atoms with Crippen LogP contribution in [-0.2, 0) is 105 Å². The lowest BCUT2D eigenvalue weighted by Crippen LogP contribution is -2.48. The number of nitrogens with one attached hydrogen (secondary N) is 4. The molecule has 0 saturated carbocycles. The normalized spacial score (nSPS) is 12.4. The first-order valence-electron chi connectivity index (χ1n) is 29.8. The second kappa shape index (κ2) is 52.1. The number of aromatic nitrogens is 3. The SMILES string of the molecule is CC(C)[C@H](NC(=O)CNO)C(=O)C[C@@H](CCCNC(N)=O)C(=O)Nc1ccc(COC(=O)CCc2cn(CCOCCOCCOCCOCCOCCOCCOCCOCCOCCOCCOCCOCCOCCC(C)(C)C)nn2)cc1. The molecule has 2 atom stereocenters. The van der Waals surface area contributed by atoms with Gasteiger partial charge in [0.1, 0.15) is 6.61 Å². The van der Waals surface area contributed by atoms with Crippen molar-refractivity contribution in [2.24, 2.45) is 23.0 Å². The summed E-state index contributed by atoms with van der Waals surface area (Å²) in [6, 6.07) is 5.13. The van der Waals surface area contributed by atoms with Crippen LogP contribution in [0.25, 0.3) is 0 Å². The monoisotopic (exact) mass is 1230 g/mol. The van der Waals surface area contributed by atoms with Crippen molar-refractivity contribution in [3.63, 3.8) is 0 Å². The molecule has 0 spiro atoms. The van der Waals surface area contributed by atoms with E-state index in [0.29, 0.717) is 202 Å². The number of urea groups is 1. The molecule has 28 heteroatoms.